The zero-order chi connectivity index (χ0) is 55.6. The molecule has 2 unspecified atom stereocenters. The van der Waals surface area contributed by atoms with Gasteiger partial charge in [0, 0.05) is 73.2 Å². The van der Waals surface area contributed by atoms with Crippen LogP contribution in [0.15, 0.2) is 48.5 Å². The number of halogens is 2. The molecule has 8 aliphatic rings. The summed E-state index contributed by atoms with van der Waals surface area (Å²) in [5, 5.41) is 1.48. The zero-order valence-corrected chi connectivity index (χ0v) is 50.4. The van der Waals surface area contributed by atoms with E-state index in [9.17, 15) is 19.2 Å². The zero-order valence-electron chi connectivity index (χ0n) is 48.9. The summed E-state index contributed by atoms with van der Waals surface area (Å²) in [5.41, 5.74) is 2.04. The van der Waals surface area contributed by atoms with Crippen molar-refractivity contribution in [3.05, 3.63) is 69.7 Å². The van der Waals surface area contributed by atoms with Crippen LogP contribution >= 0.6 is 23.2 Å². The van der Waals surface area contributed by atoms with E-state index in [1.807, 2.05) is 34.1 Å². The number of carbonyl (C=O) groups excluding carboxylic acids is 4. The Hall–Kier alpha value is -3.58. The van der Waals surface area contributed by atoms with Gasteiger partial charge in [-0.05, 0) is 216 Å². The van der Waals surface area contributed by atoms with E-state index in [2.05, 4.69) is 99.8 Å². The van der Waals surface area contributed by atoms with Crippen molar-refractivity contribution in [1.29, 1.82) is 0 Å². The molecule has 0 N–H and O–H groups in total. The molecule has 12 nitrogen and oxygen atoms in total. The second-order valence-electron chi connectivity index (χ2n) is 27.3. The second kappa shape index (κ2) is 24.9. The van der Waals surface area contributed by atoms with Gasteiger partial charge in [0.15, 0.2) is 0 Å². The SMILES string of the molecule is CN(C)[C@@H]1CCC(C(=O)N2CCC(CN3C(=O)OCC3(C)C)(C3CCCCC3)CC2)[C@H](c2ccc(Cl)cc2)C1.CN(C)[C@H]1CCC(C(=O)N2CCC(CN3C(=O)OCC3(C)C)(C3CCCCC3)CC2)[C@H](c2ccc(Cl)cc2)C1. The first-order valence-corrected chi connectivity index (χ1v) is 31.2. The van der Waals surface area contributed by atoms with Gasteiger partial charge in [-0.1, -0.05) is 86.0 Å². The van der Waals surface area contributed by atoms with Gasteiger partial charge >= 0.3 is 12.2 Å². The van der Waals surface area contributed by atoms with E-state index < -0.39 is 0 Å². The van der Waals surface area contributed by atoms with Gasteiger partial charge in [0.2, 0.25) is 11.8 Å². The van der Waals surface area contributed by atoms with Crippen molar-refractivity contribution in [1.82, 2.24) is 29.4 Å². The fraction of sp³-hybridized carbons (Fsp3) is 0.750. The van der Waals surface area contributed by atoms with Crippen LogP contribution in [0.1, 0.15) is 179 Å². The van der Waals surface area contributed by atoms with E-state index >= 15 is 0 Å². The molecule has 4 heterocycles. The molecule has 4 aliphatic carbocycles. The first-order valence-electron chi connectivity index (χ1n) is 30.5. The highest BCUT2D eigenvalue weighted by Crippen LogP contribution is 2.51. The number of rotatable bonds is 12. The van der Waals surface area contributed by atoms with Gasteiger partial charge < -0.3 is 29.1 Å². The average Bonchev–Trinajstić information content (AvgIpc) is 3.91. The normalized spacial score (nSPS) is 29.5. The molecule has 8 fully saturated rings. The van der Waals surface area contributed by atoms with Crippen LogP contribution in [-0.4, -0.2) is 157 Å². The largest absolute Gasteiger partial charge is 0.447 e. The van der Waals surface area contributed by atoms with Gasteiger partial charge in [0.25, 0.3) is 0 Å². The number of hydrogen-bond acceptors (Lipinski definition) is 8. The van der Waals surface area contributed by atoms with Crippen LogP contribution in [0.5, 0.6) is 0 Å². The summed E-state index contributed by atoms with van der Waals surface area (Å²) in [4.78, 5) is 66.8. The Morgan fingerprint density at radius 1 is 0.513 bits per heavy atom. The number of benzene rings is 2. The molecule has 14 heteroatoms. The Balaban J connectivity index is 0.000000190. The maximum Gasteiger partial charge on any atom is 0.410 e. The maximum atomic E-state index is 14.2. The third kappa shape index (κ3) is 13.0. The van der Waals surface area contributed by atoms with E-state index in [1.165, 1.54) is 75.3 Å². The van der Waals surface area contributed by atoms with E-state index in [1.54, 1.807) is 0 Å². The minimum Gasteiger partial charge on any atom is -0.447 e. The topological polar surface area (TPSA) is 106 Å². The summed E-state index contributed by atoms with van der Waals surface area (Å²) < 4.78 is 11.0. The molecule has 2 aromatic carbocycles. The standard InChI is InChI=1S/2C32H48ClN3O3/c2*1-31(2)22-39-30(38)36(31)21-32(24-8-6-5-7-9-24)16-18-35(19-17-32)29(37)27-15-14-26(34(3)4)20-28(27)23-10-12-25(33)13-11-23/h2*10-13,24,26-28H,5-9,14-22H2,1-4H3/t26-,27?,28+;26-,27?,28-/m10/s1. The summed E-state index contributed by atoms with van der Waals surface area (Å²) >= 11 is 12.4. The lowest BCUT2D eigenvalue weighted by Gasteiger charge is -2.51. The summed E-state index contributed by atoms with van der Waals surface area (Å²) in [6.45, 7) is 14.1. The highest BCUT2D eigenvalue weighted by atomic mass is 35.5. The molecular weight excluding hydrogens is 1020 g/mol. The predicted octanol–water partition coefficient (Wildman–Crippen LogP) is 13.1. The molecule has 4 aliphatic heterocycles. The van der Waals surface area contributed by atoms with Crippen molar-refractivity contribution in [2.75, 3.05) is 80.7 Å². The second-order valence-corrected chi connectivity index (χ2v) is 28.2. The van der Waals surface area contributed by atoms with Gasteiger partial charge in [0.05, 0.1) is 11.1 Å². The van der Waals surface area contributed by atoms with Gasteiger partial charge in [-0.3, -0.25) is 19.4 Å². The highest BCUT2D eigenvalue weighted by Gasteiger charge is 2.52. The Morgan fingerprint density at radius 3 is 1.14 bits per heavy atom. The Morgan fingerprint density at radius 2 is 0.846 bits per heavy atom. The van der Waals surface area contributed by atoms with E-state index in [0.717, 1.165) is 114 Å². The summed E-state index contributed by atoms with van der Waals surface area (Å²) in [5.74, 6) is 2.32. The van der Waals surface area contributed by atoms with Crippen LogP contribution in [0.4, 0.5) is 9.59 Å². The van der Waals surface area contributed by atoms with Crippen molar-refractivity contribution in [2.45, 2.75) is 191 Å². The summed E-state index contributed by atoms with van der Waals surface area (Å²) in [6.07, 6.45) is 22.2. The minimum atomic E-state index is -0.275. The molecule has 4 saturated carbocycles. The third-order valence-electron chi connectivity index (χ3n) is 21.4. The maximum absolute atomic E-state index is 14.2. The van der Waals surface area contributed by atoms with Gasteiger partial charge in [0.1, 0.15) is 13.2 Å². The molecule has 10 rings (SSSR count). The third-order valence-corrected chi connectivity index (χ3v) is 21.9. The number of piperidine rings is 2. The van der Waals surface area contributed by atoms with Crippen LogP contribution in [0.3, 0.4) is 0 Å². The van der Waals surface area contributed by atoms with Crippen LogP contribution in [-0.2, 0) is 19.1 Å². The van der Waals surface area contributed by atoms with Crippen LogP contribution in [0.25, 0.3) is 0 Å². The molecule has 78 heavy (non-hydrogen) atoms. The van der Waals surface area contributed by atoms with E-state index in [-0.39, 0.29) is 57.8 Å². The van der Waals surface area contributed by atoms with Crippen LogP contribution in [0, 0.1) is 34.5 Å². The number of nitrogens with zero attached hydrogens (tertiary/aromatic N) is 6. The number of likely N-dealkylation sites (tertiary alicyclic amines) is 2. The summed E-state index contributed by atoms with van der Waals surface area (Å²) in [6, 6.07) is 17.3. The lowest BCUT2D eigenvalue weighted by Crippen LogP contribution is -2.56. The molecule has 6 atom stereocenters. The molecule has 0 spiro atoms. The molecule has 0 aromatic heterocycles. The Bertz CT molecular complexity index is 2190. The van der Waals surface area contributed by atoms with Crippen molar-refractivity contribution < 1.29 is 28.7 Å². The number of ether oxygens (including phenoxy) is 2. The van der Waals surface area contributed by atoms with Crippen LogP contribution in [0.2, 0.25) is 10.0 Å². The minimum absolute atomic E-state index is 0.0112. The van der Waals surface area contributed by atoms with Crippen LogP contribution < -0.4 is 0 Å². The van der Waals surface area contributed by atoms with Crippen molar-refractivity contribution in [3.8, 4) is 0 Å². The fourth-order valence-corrected chi connectivity index (χ4v) is 16.3. The number of hydrogen-bond donors (Lipinski definition) is 0. The molecule has 0 radical (unpaired) electrons. The molecule has 4 amide bonds. The monoisotopic (exact) mass is 1110 g/mol. The fourth-order valence-electron chi connectivity index (χ4n) is 16.1. The highest BCUT2D eigenvalue weighted by molar-refractivity contribution is 6.30. The Labute approximate surface area is 478 Å². The molecule has 4 saturated heterocycles. The molecule has 432 valence electrons. The first kappa shape index (κ1) is 59.1. The van der Waals surface area contributed by atoms with E-state index in [0.29, 0.717) is 48.9 Å². The lowest BCUT2D eigenvalue weighted by atomic mass is 9.63. The number of carbonyl (C=O) groups is 4. The van der Waals surface area contributed by atoms with Crippen molar-refractivity contribution in [3.63, 3.8) is 0 Å². The Kier molecular flexibility index (Phi) is 18.8. The lowest BCUT2D eigenvalue weighted by molar-refractivity contribution is -0.142. The predicted molar refractivity (Wildman–Crippen MR) is 312 cm³/mol. The summed E-state index contributed by atoms with van der Waals surface area (Å²) in [7, 11) is 8.61. The van der Waals surface area contributed by atoms with Gasteiger partial charge in [-0.2, -0.15) is 0 Å². The molecule has 0 bridgehead atoms. The van der Waals surface area contributed by atoms with Crippen molar-refractivity contribution >= 4 is 47.2 Å². The molecule has 2 aromatic rings. The molecular formula is C64H96Cl2N6O6. The van der Waals surface area contributed by atoms with Crippen molar-refractivity contribution in [2.24, 2.45) is 34.5 Å². The number of cyclic esters (lactones) is 2. The average molecular weight is 1120 g/mol. The van der Waals surface area contributed by atoms with Gasteiger partial charge in [-0.15, -0.1) is 0 Å². The quantitative estimate of drug-likeness (QED) is 0.207. The van der Waals surface area contributed by atoms with Gasteiger partial charge in [-0.25, -0.2) is 9.59 Å². The first-order chi connectivity index (χ1) is 37.2. The smallest absolute Gasteiger partial charge is 0.410 e. The number of amides is 4. The van der Waals surface area contributed by atoms with E-state index in [4.69, 9.17) is 32.7 Å².